The Bertz CT molecular complexity index is 561. The van der Waals surface area contributed by atoms with Crippen LogP contribution in [0.5, 0.6) is 5.75 Å². The molecule has 1 aromatic heterocycles. The van der Waals surface area contributed by atoms with E-state index in [9.17, 15) is 0 Å². The van der Waals surface area contributed by atoms with E-state index in [0.29, 0.717) is 6.61 Å². The third-order valence-corrected chi connectivity index (χ3v) is 4.11. The van der Waals surface area contributed by atoms with Gasteiger partial charge in [0, 0.05) is 11.0 Å². The highest BCUT2D eigenvalue weighted by molar-refractivity contribution is 9.10. The average Bonchev–Trinajstić information content (AvgIpc) is 2.44. The van der Waals surface area contributed by atoms with E-state index >= 15 is 0 Å². The van der Waals surface area contributed by atoms with Gasteiger partial charge in [-0.25, -0.2) is 4.98 Å². The molecule has 1 heterocycles. The van der Waals surface area contributed by atoms with E-state index in [4.69, 9.17) is 4.74 Å². The minimum atomic E-state index is 0.417. The molecule has 0 bridgehead atoms. The molecule has 4 nitrogen and oxygen atoms in total. The molecule has 0 aliphatic rings. The lowest BCUT2D eigenvalue weighted by atomic mass is 10.1. The molecule has 0 saturated heterocycles. The maximum absolute atomic E-state index is 5.76. The molecule has 106 valence electrons. The number of rotatable bonds is 5. The first kappa shape index (κ1) is 14.8. The van der Waals surface area contributed by atoms with Crippen LogP contribution in [0.2, 0.25) is 0 Å². The topological polar surface area (TPSA) is 47.0 Å². The molecule has 5 heteroatoms. The Labute approximate surface area is 127 Å². The van der Waals surface area contributed by atoms with Gasteiger partial charge in [0.15, 0.2) is 0 Å². The zero-order valence-corrected chi connectivity index (χ0v) is 13.5. The van der Waals surface area contributed by atoms with E-state index in [0.717, 1.165) is 39.4 Å². The fourth-order valence-corrected chi connectivity index (χ4v) is 2.08. The number of nitrogens with one attached hydrogen (secondary N) is 1. The second-order valence-electron chi connectivity index (χ2n) is 4.58. The highest BCUT2D eigenvalue weighted by Crippen LogP contribution is 2.26. The van der Waals surface area contributed by atoms with Gasteiger partial charge in [0.2, 0.25) is 0 Å². The third kappa shape index (κ3) is 3.70. The zero-order chi connectivity index (χ0) is 14.5. The quantitative estimate of drug-likeness (QED) is 0.900. The Balaban J connectivity index is 2.01. The fraction of sp³-hybridized carbons (Fsp3) is 0.333. The van der Waals surface area contributed by atoms with Gasteiger partial charge in [0.25, 0.3) is 0 Å². The van der Waals surface area contributed by atoms with Crippen molar-refractivity contribution in [3.63, 3.8) is 0 Å². The summed E-state index contributed by atoms with van der Waals surface area (Å²) in [5.74, 6) is 1.63. The van der Waals surface area contributed by atoms with E-state index in [1.807, 2.05) is 19.1 Å². The lowest BCUT2D eigenvalue weighted by Crippen LogP contribution is -2.03. The van der Waals surface area contributed by atoms with Gasteiger partial charge in [0.05, 0.1) is 18.1 Å². The minimum Gasteiger partial charge on any atom is -0.487 e. The predicted molar refractivity (Wildman–Crippen MR) is 84.1 cm³/mol. The highest BCUT2D eigenvalue weighted by Gasteiger charge is 2.04. The SMILES string of the molecule is CCNc1cnc(COc2cc(C)c(Br)c(C)c2)cn1. The molecule has 2 aromatic rings. The first-order valence-corrected chi connectivity index (χ1v) is 7.33. The van der Waals surface area contributed by atoms with Gasteiger partial charge < -0.3 is 10.1 Å². The summed E-state index contributed by atoms with van der Waals surface area (Å²) in [4.78, 5) is 8.58. The van der Waals surface area contributed by atoms with Crippen molar-refractivity contribution in [2.75, 3.05) is 11.9 Å². The van der Waals surface area contributed by atoms with Gasteiger partial charge >= 0.3 is 0 Å². The summed E-state index contributed by atoms with van der Waals surface area (Å²) in [6.07, 6.45) is 3.46. The summed E-state index contributed by atoms with van der Waals surface area (Å²) in [7, 11) is 0. The van der Waals surface area contributed by atoms with Crippen molar-refractivity contribution in [2.45, 2.75) is 27.4 Å². The number of hydrogen-bond donors (Lipinski definition) is 1. The number of nitrogens with zero attached hydrogens (tertiary/aromatic N) is 2. The van der Waals surface area contributed by atoms with Crippen molar-refractivity contribution in [3.05, 3.63) is 45.8 Å². The summed E-state index contributed by atoms with van der Waals surface area (Å²) in [5, 5.41) is 3.11. The normalized spacial score (nSPS) is 10.4. The molecule has 1 aromatic carbocycles. The lowest BCUT2D eigenvalue weighted by molar-refractivity contribution is 0.300. The molecule has 0 spiro atoms. The summed E-state index contributed by atoms with van der Waals surface area (Å²) >= 11 is 3.55. The molecule has 1 N–H and O–H groups in total. The summed E-state index contributed by atoms with van der Waals surface area (Å²) < 4.78 is 6.89. The molecule has 20 heavy (non-hydrogen) atoms. The molecule has 0 aliphatic carbocycles. The van der Waals surface area contributed by atoms with Crippen LogP contribution in [0.4, 0.5) is 5.82 Å². The molecule has 0 fully saturated rings. The van der Waals surface area contributed by atoms with Crippen molar-refractivity contribution >= 4 is 21.7 Å². The van der Waals surface area contributed by atoms with Crippen molar-refractivity contribution < 1.29 is 4.74 Å². The molecule has 0 unspecified atom stereocenters. The standard InChI is InChI=1S/C15H18BrN3O/c1-4-17-14-8-18-12(7-19-14)9-20-13-5-10(2)15(16)11(3)6-13/h5-8H,4,9H2,1-3H3,(H,17,19). The summed E-state index contributed by atoms with van der Waals surface area (Å²) in [6, 6.07) is 4.02. The van der Waals surface area contributed by atoms with Crippen LogP contribution in [-0.4, -0.2) is 16.5 Å². The fourth-order valence-electron chi connectivity index (χ4n) is 1.85. The van der Waals surface area contributed by atoms with Crippen molar-refractivity contribution in [1.29, 1.82) is 0 Å². The second kappa shape index (κ2) is 6.70. The summed E-state index contributed by atoms with van der Waals surface area (Å²) in [6.45, 7) is 7.38. The number of hydrogen-bond acceptors (Lipinski definition) is 4. The van der Waals surface area contributed by atoms with E-state index < -0.39 is 0 Å². The Morgan fingerprint density at radius 2 is 1.85 bits per heavy atom. The van der Waals surface area contributed by atoms with Crippen LogP contribution < -0.4 is 10.1 Å². The first-order valence-electron chi connectivity index (χ1n) is 6.54. The first-order chi connectivity index (χ1) is 9.60. The molecule has 0 saturated carbocycles. The average molecular weight is 336 g/mol. The molecule has 0 atom stereocenters. The van der Waals surface area contributed by atoms with Crippen molar-refractivity contribution in [1.82, 2.24) is 9.97 Å². The number of halogens is 1. The zero-order valence-electron chi connectivity index (χ0n) is 11.9. The molecule has 0 radical (unpaired) electrons. The number of ether oxygens (including phenoxy) is 1. The Hall–Kier alpha value is -1.62. The van der Waals surface area contributed by atoms with E-state index in [1.54, 1.807) is 12.4 Å². The van der Waals surface area contributed by atoms with Crippen LogP contribution in [0.3, 0.4) is 0 Å². The van der Waals surface area contributed by atoms with Gasteiger partial charge in [-0.3, -0.25) is 4.98 Å². The number of anilines is 1. The van der Waals surface area contributed by atoms with Crippen LogP contribution in [0.15, 0.2) is 29.0 Å². The maximum Gasteiger partial charge on any atom is 0.144 e. The second-order valence-corrected chi connectivity index (χ2v) is 5.38. The van der Waals surface area contributed by atoms with Crippen LogP contribution >= 0.6 is 15.9 Å². The number of benzene rings is 1. The third-order valence-electron chi connectivity index (χ3n) is 2.86. The minimum absolute atomic E-state index is 0.417. The highest BCUT2D eigenvalue weighted by atomic mass is 79.9. The Morgan fingerprint density at radius 3 is 2.40 bits per heavy atom. The van der Waals surface area contributed by atoms with Crippen LogP contribution in [0.25, 0.3) is 0 Å². The monoisotopic (exact) mass is 335 g/mol. The summed E-state index contributed by atoms with van der Waals surface area (Å²) in [5.41, 5.74) is 3.13. The Kier molecular flexibility index (Phi) is 4.95. The lowest BCUT2D eigenvalue weighted by Gasteiger charge is -2.10. The van der Waals surface area contributed by atoms with E-state index in [1.165, 1.54) is 0 Å². The van der Waals surface area contributed by atoms with Crippen LogP contribution in [0, 0.1) is 13.8 Å². The maximum atomic E-state index is 5.76. The molecular weight excluding hydrogens is 318 g/mol. The van der Waals surface area contributed by atoms with E-state index in [-0.39, 0.29) is 0 Å². The van der Waals surface area contributed by atoms with Gasteiger partial charge in [-0.1, -0.05) is 15.9 Å². The number of aryl methyl sites for hydroxylation is 2. The van der Waals surface area contributed by atoms with Crippen molar-refractivity contribution in [2.24, 2.45) is 0 Å². The molecule has 2 rings (SSSR count). The van der Waals surface area contributed by atoms with Gasteiger partial charge in [-0.05, 0) is 44.0 Å². The predicted octanol–water partition coefficient (Wildman–Crippen LogP) is 3.87. The smallest absolute Gasteiger partial charge is 0.144 e. The Morgan fingerprint density at radius 1 is 1.15 bits per heavy atom. The van der Waals surface area contributed by atoms with Gasteiger partial charge in [0.1, 0.15) is 18.2 Å². The van der Waals surface area contributed by atoms with Crippen molar-refractivity contribution in [3.8, 4) is 5.75 Å². The number of aromatic nitrogens is 2. The molecule has 0 aliphatic heterocycles. The van der Waals surface area contributed by atoms with Gasteiger partial charge in [-0.2, -0.15) is 0 Å². The van der Waals surface area contributed by atoms with E-state index in [2.05, 4.69) is 45.1 Å². The van der Waals surface area contributed by atoms with Crippen LogP contribution in [0.1, 0.15) is 23.7 Å². The molecule has 0 amide bonds. The molecular formula is C15H18BrN3O. The van der Waals surface area contributed by atoms with Gasteiger partial charge in [-0.15, -0.1) is 0 Å². The largest absolute Gasteiger partial charge is 0.487 e. The van der Waals surface area contributed by atoms with Crippen LogP contribution in [-0.2, 0) is 6.61 Å².